The highest BCUT2D eigenvalue weighted by Gasteiger charge is 2.21. The average Bonchev–Trinajstić information content (AvgIpc) is 2.67. The molecule has 3 rings (SSSR count). The van der Waals surface area contributed by atoms with E-state index in [0.29, 0.717) is 0 Å². The summed E-state index contributed by atoms with van der Waals surface area (Å²) in [6.45, 7) is 1.91. The lowest BCUT2D eigenvalue weighted by Crippen LogP contribution is -2.29. The molecule has 106 valence electrons. The quantitative estimate of drug-likeness (QED) is 0.797. The number of fused-ring (bicyclic) bond motifs is 1. The minimum absolute atomic E-state index is 0.0266. The molecule has 0 spiro atoms. The molecule has 0 amide bonds. The van der Waals surface area contributed by atoms with Crippen LogP contribution in [-0.2, 0) is 0 Å². The summed E-state index contributed by atoms with van der Waals surface area (Å²) < 4.78 is 1.67. The number of aromatic nitrogens is 2. The van der Waals surface area contributed by atoms with Crippen LogP contribution in [0.4, 0.5) is 5.95 Å². The van der Waals surface area contributed by atoms with E-state index < -0.39 is 0 Å². The third kappa shape index (κ3) is 2.40. The highest BCUT2D eigenvalue weighted by Crippen LogP contribution is 2.25. The summed E-state index contributed by atoms with van der Waals surface area (Å²) in [6.07, 6.45) is 4.80. The maximum atomic E-state index is 12.2. The van der Waals surface area contributed by atoms with E-state index >= 15 is 0 Å². The van der Waals surface area contributed by atoms with Crippen LogP contribution in [0.1, 0.15) is 30.5 Å². The molecule has 0 saturated carbocycles. The van der Waals surface area contributed by atoms with Crippen molar-refractivity contribution in [2.75, 3.05) is 23.9 Å². The van der Waals surface area contributed by atoms with E-state index in [0.717, 1.165) is 42.9 Å². The molecule has 0 N–H and O–H groups in total. The Morgan fingerprint density at radius 2 is 1.85 bits per heavy atom. The number of hydrogen-bond acceptors (Lipinski definition) is 3. The van der Waals surface area contributed by atoms with Gasteiger partial charge in [0, 0.05) is 13.1 Å². The van der Waals surface area contributed by atoms with Gasteiger partial charge in [0.05, 0.1) is 11.0 Å². The van der Waals surface area contributed by atoms with Crippen molar-refractivity contribution in [3.05, 3.63) is 24.3 Å². The first kappa shape index (κ1) is 13.4. The molecule has 0 unspecified atom stereocenters. The van der Waals surface area contributed by atoms with Gasteiger partial charge in [-0.05, 0) is 25.0 Å². The predicted molar refractivity (Wildman–Crippen MR) is 81.8 cm³/mol. The topological polar surface area (TPSA) is 38.1 Å². The lowest BCUT2D eigenvalue weighted by Gasteiger charge is -2.21. The fourth-order valence-electron chi connectivity index (χ4n) is 2.80. The molecule has 1 fully saturated rings. The first-order valence-electron chi connectivity index (χ1n) is 7.13. The number of hydrogen-bond donors (Lipinski definition) is 0. The Bertz CT molecular complexity index is 615. The van der Waals surface area contributed by atoms with Gasteiger partial charge >= 0.3 is 0 Å². The summed E-state index contributed by atoms with van der Waals surface area (Å²) in [5, 5.41) is 0. The van der Waals surface area contributed by atoms with E-state index in [-0.39, 0.29) is 11.8 Å². The minimum atomic E-state index is -0.111. The van der Waals surface area contributed by atoms with Crippen LogP contribution < -0.4 is 4.90 Å². The van der Waals surface area contributed by atoms with Gasteiger partial charge in [0.15, 0.2) is 0 Å². The number of carbonyl (C=O) groups is 1. The summed E-state index contributed by atoms with van der Waals surface area (Å²) in [6, 6.07) is 7.73. The molecule has 5 heteroatoms. The van der Waals surface area contributed by atoms with E-state index in [1.54, 1.807) is 4.57 Å². The zero-order chi connectivity index (χ0) is 13.9. The zero-order valence-electron chi connectivity index (χ0n) is 11.4. The second-order valence-electron chi connectivity index (χ2n) is 5.16. The molecule has 2 heterocycles. The molecule has 1 aliphatic heterocycles. The van der Waals surface area contributed by atoms with Gasteiger partial charge in [0.25, 0.3) is 0 Å². The Labute approximate surface area is 123 Å². The zero-order valence-corrected chi connectivity index (χ0v) is 12.1. The SMILES string of the molecule is O=C(CCl)n1c(N2CCCCCC2)nc2ccccc21. The van der Waals surface area contributed by atoms with Crippen molar-refractivity contribution in [2.24, 2.45) is 0 Å². The minimum Gasteiger partial charge on any atom is -0.342 e. The van der Waals surface area contributed by atoms with Gasteiger partial charge in [-0.2, -0.15) is 0 Å². The molecule has 4 nitrogen and oxygen atoms in total. The number of benzene rings is 1. The molecule has 1 aliphatic rings. The van der Waals surface area contributed by atoms with Gasteiger partial charge in [-0.1, -0.05) is 25.0 Å². The van der Waals surface area contributed by atoms with Crippen molar-refractivity contribution in [1.82, 2.24) is 9.55 Å². The van der Waals surface area contributed by atoms with Gasteiger partial charge in [-0.3, -0.25) is 4.79 Å². The summed E-state index contributed by atoms with van der Waals surface area (Å²) >= 11 is 5.77. The van der Waals surface area contributed by atoms with Crippen LogP contribution in [0, 0.1) is 0 Å². The van der Waals surface area contributed by atoms with Crippen LogP contribution >= 0.6 is 11.6 Å². The fourth-order valence-corrected chi connectivity index (χ4v) is 2.92. The van der Waals surface area contributed by atoms with Crippen molar-refractivity contribution in [1.29, 1.82) is 0 Å². The van der Waals surface area contributed by atoms with Crippen LogP contribution in [0.15, 0.2) is 24.3 Å². The van der Waals surface area contributed by atoms with Crippen LogP contribution in [0.5, 0.6) is 0 Å². The molecule has 2 aromatic rings. The van der Waals surface area contributed by atoms with Crippen LogP contribution in [-0.4, -0.2) is 34.4 Å². The Balaban J connectivity index is 2.10. The fraction of sp³-hybridized carbons (Fsp3) is 0.467. The Kier molecular flexibility index (Phi) is 3.92. The van der Waals surface area contributed by atoms with Gasteiger partial charge in [0.1, 0.15) is 5.88 Å². The second kappa shape index (κ2) is 5.83. The van der Waals surface area contributed by atoms with Crippen LogP contribution in [0.3, 0.4) is 0 Å². The molecule has 1 saturated heterocycles. The van der Waals surface area contributed by atoms with Gasteiger partial charge in [0.2, 0.25) is 11.9 Å². The van der Waals surface area contributed by atoms with E-state index in [9.17, 15) is 4.79 Å². The van der Waals surface area contributed by atoms with E-state index in [2.05, 4.69) is 9.88 Å². The molecule has 0 atom stereocenters. The smallest absolute Gasteiger partial charge is 0.248 e. The highest BCUT2D eigenvalue weighted by atomic mass is 35.5. The third-order valence-corrected chi connectivity index (χ3v) is 4.02. The van der Waals surface area contributed by atoms with Crippen molar-refractivity contribution in [2.45, 2.75) is 25.7 Å². The number of carbonyl (C=O) groups excluding carboxylic acids is 1. The predicted octanol–water partition coefficient (Wildman–Crippen LogP) is 3.30. The number of alkyl halides is 1. The van der Waals surface area contributed by atoms with Gasteiger partial charge in [-0.15, -0.1) is 11.6 Å². The van der Waals surface area contributed by atoms with Crippen LogP contribution in [0.25, 0.3) is 11.0 Å². The molecule has 0 bridgehead atoms. The van der Waals surface area contributed by atoms with Crippen LogP contribution in [0.2, 0.25) is 0 Å². The standard InChI is InChI=1S/C15H18ClN3O/c16-11-14(20)19-13-8-4-3-7-12(13)17-15(19)18-9-5-1-2-6-10-18/h3-4,7-8H,1-2,5-6,9-11H2. The molecule has 0 aliphatic carbocycles. The molecular formula is C15H18ClN3O. The van der Waals surface area contributed by atoms with E-state index in [1.807, 2.05) is 24.3 Å². The van der Waals surface area contributed by atoms with Crippen molar-refractivity contribution >= 4 is 34.5 Å². The monoisotopic (exact) mass is 291 g/mol. The van der Waals surface area contributed by atoms with Crippen molar-refractivity contribution in [3.8, 4) is 0 Å². The maximum Gasteiger partial charge on any atom is 0.248 e. The van der Waals surface area contributed by atoms with E-state index in [4.69, 9.17) is 11.6 Å². The number of para-hydroxylation sites is 2. The molecular weight excluding hydrogens is 274 g/mol. The molecule has 1 aromatic carbocycles. The number of imidazole rings is 1. The average molecular weight is 292 g/mol. The highest BCUT2D eigenvalue weighted by molar-refractivity contribution is 6.28. The van der Waals surface area contributed by atoms with Gasteiger partial charge in [-0.25, -0.2) is 9.55 Å². The molecule has 1 aromatic heterocycles. The summed E-state index contributed by atoms with van der Waals surface area (Å²) in [5.41, 5.74) is 1.70. The van der Waals surface area contributed by atoms with Gasteiger partial charge < -0.3 is 4.90 Å². The number of nitrogens with zero attached hydrogens (tertiary/aromatic N) is 3. The first-order valence-corrected chi connectivity index (χ1v) is 7.66. The Morgan fingerprint density at radius 1 is 1.15 bits per heavy atom. The molecule has 20 heavy (non-hydrogen) atoms. The van der Waals surface area contributed by atoms with Crippen molar-refractivity contribution in [3.63, 3.8) is 0 Å². The number of rotatable bonds is 2. The van der Waals surface area contributed by atoms with Crippen molar-refractivity contribution < 1.29 is 4.79 Å². The summed E-state index contributed by atoms with van der Waals surface area (Å²) in [4.78, 5) is 19.1. The lowest BCUT2D eigenvalue weighted by atomic mass is 10.2. The number of anilines is 1. The lowest BCUT2D eigenvalue weighted by molar-refractivity contribution is 0.0946. The maximum absolute atomic E-state index is 12.2. The summed E-state index contributed by atoms with van der Waals surface area (Å²) in [7, 11) is 0. The normalized spacial score (nSPS) is 16.4. The first-order chi connectivity index (χ1) is 9.81. The second-order valence-corrected chi connectivity index (χ2v) is 5.43. The Hall–Kier alpha value is -1.55. The largest absolute Gasteiger partial charge is 0.342 e. The molecule has 0 radical (unpaired) electrons. The number of halogens is 1. The summed E-state index contributed by atoms with van der Waals surface area (Å²) in [5.74, 6) is 0.611. The Morgan fingerprint density at radius 3 is 2.55 bits per heavy atom. The third-order valence-electron chi connectivity index (χ3n) is 3.80. The van der Waals surface area contributed by atoms with E-state index in [1.165, 1.54) is 12.8 Å².